The summed E-state index contributed by atoms with van der Waals surface area (Å²) in [6.07, 6.45) is 3.44. The first kappa shape index (κ1) is 13.1. The van der Waals surface area contributed by atoms with Crippen LogP contribution in [0.1, 0.15) is 18.4 Å². The zero-order chi connectivity index (χ0) is 14.6. The third-order valence-electron chi connectivity index (χ3n) is 4.45. The minimum atomic E-state index is -0.403. The Morgan fingerprint density at radius 2 is 2.10 bits per heavy atom. The largest absolute Gasteiger partial charge is 0.482 e. The summed E-state index contributed by atoms with van der Waals surface area (Å²) in [5, 5.41) is 4.36. The second-order valence-electron chi connectivity index (χ2n) is 5.68. The molecule has 0 N–H and O–H groups in total. The van der Waals surface area contributed by atoms with E-state index in [1.807, 2.05) is 13.2 Å². The highest BCUT2D eigenvalue weighted by Crippen LogP contribution is 2.49. The van der Waals surface area contributed by atoms with Crippen molar-refractivity contribution in [2.45, 2.75) is 18.4 Å². The van der Waals surface area contributed by atoms with Gasteiger partial charge in [-0.1, -0.05) is 0 Å². The van der Waals surface area contributed by atoms with E-state index in [0.29, 0.717) is 0 Å². The minimum absolute atomic E-state index is 0.268. The third kappa shape index (κ3) is 1.88. The van der Waals surface area contributed by atoms with Crippen molar-refractivity contribution in [2.75, 3.05) is 13.1 Å². The maximum Gasteiger partial charge on any atom is 0.140 e. The molecule has 1 saturated heterocycles. The van der Waals surface area contributed by atoms with E-state index in [4.69, 9.17) is 16.5 Å². The number of piperidine rings is 1. The highest BCUT2D eigenvalue weighted by molar-refractivity contribution is 6.13. The van der Waals surface area contributed by atoms with Gasteiger partial charge >= 0.3 is 0 Å². The Balaban J connectivity index is 1.90. The number of halogens is 2. The number of aromatic nitrogens is 2. The van der Waals surface area contributed by atoms with Gasteiger partial charge in [-0.3, -0.25) is 4.68 Å². The van der Waals surface area contributed by atoms with Crippen molar-refractivity contribution >= 4 is 11.8 Å². The average Bonchev–Trinajstić information content (AvgIpc) is 2.87. The van der Waals surface area contributed by atoms with E-state index in [1.54, 1.807) is 15.2 Å². The monoisotopic (exact) mass is 307 g/mol. The maximum atomic E-state index is 13.6. The molecule has 0 amide bonds. The lowest BCUT2D eigenvalue weighted by Gasteiger charge is -2.42. The first-order valence-electron chi connectivity index (χ1n) is 7.01. The predicted molar refractivity (Wildman–Crippen MR) is 77.6 cm³/mol. The highest BCUT2D eigenvalue weighted by atomic mass is 35.5. The van der Waals surface area contributed by atoms with Crippen LogP contribution in [0, 0.1) is 5.82 Å². The summed E-state index contributed by atoms with van der Waals surface area (Å²) in [5.41, 5.74) is 2.34. The summed E-state index contributed by atoms with van der Waals surface area (Å²) in [7, 11) is 1.88. The number of hydrogen-bond donors (Lipinski definition) is 0. The standard InChI is InChI=1S/C15H15ClFN3O/c1-19-14-11-8-10(17)2-3-13(11)21-15(12(14)9-18-19)4-6-20(16)7-5-15/h2-3,8-9H,4-7H2,1H3. The quantitative estimate of drug-likeness (QED) is 0.701. The van der Waals surface area contributed by atoms with Gasteiger partial charge in [0.2, 0.25) is 0 Å². The van der Waals surface area contributed by atoms with Crippen LogP contribution in [0.2, 0.25) is 0 Å². The van der Waals surface area contributed by atoms with E-state index in [2.05, 4.69) is 5.10 Å². The number of rotatable bonds is 0. The van der Waals surface area contributed by atoms with E-state index in [-0.39, 0.29) is 5.82 Å². The number of hydrogen-bond acceptors (Lipinski definition) is 3. The van der Waals surface area contributed by atoms with Gasteiger partial charge in [0, 0.05) is 44.1 Å². The normalized spacial score (nSPS) is 20.0. The first-order chi connectivity index (χ1) is 10.1. The van der Waals surface area contributed by atoms with Crippen molar-refractivity contribution in [3.05, 3.63) is 35.8 Å². The number of benzene rings is 1. The third-order valence-corrected chi connectivity index (χ3v) is 4.79. The van der Waals surface area contributed by atoms with Gasteiger partial charge in [-0.15, -0.1) is 0 Å². The van der Waals surface area contributed by atoms with Gasteiger partial charge < -0.3 is 4.74 Å². The topological polar surface area (TPSA) is 30.3 Å². The average molecular weight is 308 g/mol. The molecule has 1 aromatic carbocycles. The number of fused-ring (bicyclic) bond motifs is 4. The first-order valence-corrected chi connectivity index (χ1v) is 7.35. The van der Waals surface area contributed by atoms with Crippen LogP contribution < -0.4 is 4.74 Å². The van der Waals surface area contributed by atoms with Gasteiger partial charge in [0.25, 0.3) is 0 Å². The van der Waals surface area contributed by atoms with Gasteiger partial charge in [0.1, 0.15) is 17.2 Å². The second-order valence-corrected chi connectivity index (χ2v) is 6.16. The van der Waals surface area contributed by atoms with Crippen molar-refractivity contribution in [3.8, 4) is 17.0 Å². The van der Waals surface area contributed by atoms with Crippen LogP contribution in [0.5, 0.6) is 5.75 Å². The van der Waals surface area contributed by atoms with E-state index < -0.39 is 5.60 Å². The number of aryl methyl sites for hydroxylation is 1. The van der Waals surface area contributed by atoms with Crippen molar-refractivity contribution in [1.82, 2.24) is 14.2 Å². The molecule has 0 unspecified atom stereocenters. The van der Waals surface area contributed by atoms with Crippen LogP contribution in [0.3, 0.4) is 0 Å². The van der Waals surface area contributed by atoms with E-state index in [9.17, 15) is 4.39 Å². The van der Waals surface area contributed by atoms with Gasteiger partial charge in [0.05, 0.1) is 11.9 Å². The Kier molecular flexibility index (Phi) is 2.78. The SMILES string of the molecule is Cn1ncc2c1-c1cc(F)ccc1OC21CCN(Cl)CC1. The van der Waals surface area contributed by atoms with Crippen LogP contribution in [-0.2, 0) is 12.6 Å². The summed E-state index contributed by atoms with van der Waals surface area (Å²) in [6.45, 7) is 1.51. The molecule has 4 rings (SSSR count). The molecular formula is C15H15ClFN3O. The summed E-state index contributed by atoms with van der Waals surface area (Å²) < 4.78 is 23.5. The van der Waals surface area contributed by atoms with Crippen LogP contribution >= 0.6 is 11.8 Å². The Hall–Kier alpha value is -1.59. The number of ether oxygens (including phenoxy) is 1. The molecule has 110 valence electrons. The van der Waals surface area contributed by atoms with Crippen LogP contribution in [0.15, 0.2) is 24.4 Å². The molecule has 1 aromatic heterocycles. The zero-order valence-electron chi connectivity index (χ0n) is 11.6. The fourth-order valence-corrected chi connectivity index (χ4v) is 3.51. The summed E-state index contributed by atoms with van der Waals surface area (Å²) in [4.78, 5) is 0. The fraction of sp³-hybridized carbons (Fsp3) is 0.400. The Labute approximate surface area is 127 Å². The lowest BCUT2D eigenvalue weighted by molar-refractivity contribution is 0.0137. The number of nitrogens with zero attached hydrogens (tertiary/aromatic N) is 3. The Bertz CT molecular complexity index is 707. The van der Waals surface area contributed by atoms with Gasteiger partial charge in [-0.05, 0) is 30.0 Å². The van der Waals surface area contributed by atoms with Crippen molar-refractivity contribution in [2.24, 2.45) is 7.05 Å². The molecule has 2 aliphatic rings. The van der Waals surface area contributed by atoms with Crippen molar-refractivity contribution in [1.29, 1.82) is 0 Å². The second kappa shape index (κ2) is 4.45. The van der Waals surface area contributed by atoms with Crippen LogP contribution in [0.25, 0.3) is 11.3 Å². The van der Waals surface area contributed by atoms with Crippen LogP contribution in [0.4, 0.5) is 4.39 Å². The van der Waals surface area contributed by atoms with Gasteiger partial charge in [-0.25, -0.2) is 8.81 Å². The summed E-state index contributed by atoms with van der Waals surface area (Å²) in [5.74, 6) is 0.451. The van der Waals surface area contributed by atoms with Crippen molar-refractivity contribution in [3.63, 3.8) is 0 Å². The molecule has 1 spiro atoms. The Morgan fingerprint density at radius 1 is 1.33 bits per heavy atom. The molecule has 3 heterocycles. The molecule has 0 saturated carbocycles. The minimum Gasteiger partial charge on any atom is -0.482 e. The van der Waals surface area contributed by atoms with Crippen LogP contribution in [-0.4, -0.2) is 27.3 Å². The zero-order valence-corrected chi connectivity index (χ0v) is 12.4. The smallest absolute Gasteiger partial charge is 0.140 e. The molecule has 0 radical (unpaired) electrons. The molecule has 0 aliphatic carbocycles. The highest BCUT2D eigenvalue weighted by Gasteiger charge is 2.45. The van der Waals surface area contributed by atoms with Gasteiger partial charge in [0.15, 0.2) is 0 Å². The summed E-state index contributed by atoms with van der Waals surface area (Å²) in [6, 6.07) is 4.65. The molecule has 21 heavy (non-hydrogen) atoms. The van der Waals surface area contributed by atoms with Crippen molar-refractivity contribution < 1.29 is 9.13 Å². The van der Waals surface area contributed by atoms with E-state index >= 15 is 0 Å². The molecule has 4 nitrogen and oxygen atoms in total. The lowest BCUT2D eigenvalue weighted by Crippen LogP contribution is -2.44. The molecule has 0 bridgehead atoms. The lowest BCUT2D eigenvalue weighted by atomic mass is 9.81. The fourth-order valence-electron chi connectivity index (χ4n) is 3.34. The predicted octanol–water partition coefficient (Wildman–Crippen LogP) is 3.06. The maximum absolute atomic E-state index is 13.6. The molecule has 2 aromatic rings. The molecule has 0 atom stereocenters. The molecule has 6 heteroatoms. The molecule has 1 fully saturated rings. The Morgan fingerprint density at radius 3 is 2.86 bits per heavy atom. The van der Waals surface area contributed by atoms with E-state index in [0.717, 1.165) is 48.5 Å². The van der Waals surface area contributed by atoms with Gasteiger partial charge in [-0.2, -0.15) is 5.10 Å². The van der Waals surface area contributed by atoms with E-state index in [1.165, 1.54) is 12.1 Å². The molecule has 2 aliphatic heterocycles. The molecular weight excluding hydrogens is 293 g/mol. The summed E-state index contributed by atoms with van der Waals surface area (Å²) >= 11 is 6.08.